The summed E-state index contributed by atoms with van der Waals surface area (Å²) in [6, 6.07) is 6.11. The number of rotatable bonds is 1. The van der Waals surface area contributed by atoms with Gasteiger partial charge in [0.15, 0.2) is 0 Å². The summed E-state index contributed by atoms with van der Waals surface area (Å²) < 4.78 is 2.05. The van der Waals surface area contributed by atoms with Crippen LogP contribution in [0.1, 0.15) is 11.1 Å². The van der Waals surface area contributed by atoms with E-state index in [-0.39, 0.29) is 0 Å². The van der Waals surface area contributed by atoms with Crippen LogP contribution in [-0.2, 0) is 5.88 Å². The number of thiophene rings is 1. The number of hydrogen-bond acceptors (Lipinski definition) is 2. The van der Waals surface area contributed by atoms with Crippen molar-refractivity contribution in [1.82, 2.24) is 0 Å². The molecule has 1 aromatic carbocycles. The summed E-state index contributed by atoms with van der Waals surface area (Å²) in [4.78, 5) is 0. The highest BCUT2D eigenvalue weighted by Crippen LogP contribution is 2.34. The van der Waals surface area contributed by atoms with E-state index in [4.69, 9.17) is 16.9 Å². The van der Waals surface area contributed by atoms with Crippen LogP contribution in [0.4, 0.5) is 0 Å². The first kappa shape index (κ1) is 9.97. The smallest absolute Gasteiger partial charge is 0.101 e. The SMILES string of the molecule is N#Cc1c(CCl)ccc2c(Br)csc12. The quantitative estimate of drug-likeness (QED) is 0.718. The Labute approximate surface area is 99.0 Å². The largest absolute Gasteiger partial charge is 0.192 e. The molecule has 0 N–H and O–H groups in total. The Morgan fingerprint density at radius 1 is 1.50 bits per heavy atom. The molecule has 0 saturated carbocycles. The normalized spacial score (nSPS) is 10.4. The van der Waals surface area contributed by atoms with Gasteiger partial charge < -0.3 is 0 Å². The van der Waals surface area contributed by atoms with Gasteiger partial charge in [-0.05, 0) is 21.5 Å². The molecule has 0 saturated heterocycles. The van der Waals surface area contributed by atoms with Gasteiger partial charge in [0.25, 0.3) is 0 Å². The summed E-state index contributed by atoms with van der Waals surface area (Å²) >= 11 is 10.8. The lowest BCUT2D eigenvalue weighted by Gasteiger charge is -2.00. The van der Waals surface area contributed by atoms with Crippen molar-refractivity contribution in [2.45, 2.75) is 5.88 Å². The van der Waals surface area contributed by atoms with Crippen LogP contribution in [0.3, 0.4) is 0 Å². The molecule has 14 heavy (non-hydrogen) atoms. The number of alkyl halides is 1. The Morgan fingerprint density at radius 3 is 2.93 bits per heavy atom. The van der Waals surface area contributed by atoms with Crippen molar-refractivity contribution in [3.8, 4) is 6.07 Å². The van der Waals surface area contributed by atoms with Gasteiger partial charge in [-0.15, -0.1) is 22.9 Å². The summed E-state index contributed by atoms with van der Waals surface area (Å²) in [6.45, 7) is 0. The lowest BCUT2D eigenvalue weighted by Crippen LogP contribution is -1.85. The minimum Gasteiger partial charge on any atom is -0.192 e. The van der Waals surface area contributed by atoms with Crippen LogP contribution in [0.5, 0.6) is 0 Å². The van der Waals surface area contributed by atoms with E-state index in [1.807, 2.05) is 17.5 Å². The summed E-state index contributed by atoms with van der Waals surface area (Å²) in [5.74, 6) is 0.383. The maximum atomic E-state index is 9.04. The molecule has 0 aliphatic rings. The molecule has 1 aromatic heterocycles. The zero-order valence-corrected chi connectivity index (χ0v) is 10.2. The molecule has 0 aliphatic carbocycles. The first-order chi connectivity index (χ1) is 6.77. The highest BCUT2D eigenvalue weighted by molar-refractivity contribution is 9.10. The number of nitriles is 1. The zero-order chi connectivity index (χ0) is 10.1. The molecule has 2 rings (SSSR count). The van der Waals surface area contributed by atoms with E-state index in [0.717, 1.165) is 20.1 Å². The third-order valence-electron chi connectivity index (χ3n) is 2.04. The summed E-state index contributed by atoms with van der Waals surface area (Å²) in [5, 5.41) is 12.1. The van der Waals surface area contributed by atoms with E-state index in [9.17, 15) is 0 Å². The van der Waals surface area contributed by atoms with Gasteiger partial charge in [0.05, 0.1) is 10.3 Å². The molecule has 0 unspecified atom stereocenters. The van der Waals surface area contributed by atoms with Gasteiger partial charge in [-0.3, -0.25) is 0 Å². The topological polar surface area (TPSA) is 23.8 Å². The Hall–Kier alpha value is -0.560. The third kappa shape index (κ3) is 1.44. The molecule has 4 heteroatoms. The second-order valence-electron chi connectivity index (χ2n) is 2.81. The van der Waals surface area contributed by atoms with Gasteiger partial charge in [0, 0.05) is 21.1 Å². The van der Waals surface area contributed by atoms with Crippen molar-refractivity contribution < 1.29 is 0 Å². The molecule has 0 amide bonds. The summed E-state index contributed by atoms with van der Waals surface area (Å²) in [7, 11) is 0. The monoisotopic (exact) mass is 285 g/mol. The Kier molecular flexibility index (Phi) is 2.78. The van der Waals surface area contributed by atoms with Crippen molar-refractivity contribution in [3.63, 3.8) is 0 Å². The molecule has 0 aliphatic heterocycles. The fraction of sp³-hybridized carbons (Fsp3) is 0.100. The van der Waals surface area contributed by atoms with Gasteiger partial charge in [-0.2, -0.15) is 5.26 Å². The fourth-order valence-electron chi connectivity index (χ4n) is 1.34. The minimum absolute atomic E-state index is 0.383. The summed E-state index contributed by atoms with van der Waals surface area (Å²) in [5.41, 5.74) is 1.60. The van der Waals surface area contributed by atoms with Crippen LogP contribution in [0.15, 0.2) is 22.0 Å². The Morgan fingerprint density at radius 2 is 2.29 bits per heavy atom. The molecule has 0 fully saturated rings. The number of hydrogen-bond donors (Lipinski definition) is 0. The lowest BCUT2D eigenvalue weighted by molar-refractivity contribution is 1.38. The van der Waals surface area contributed by atoms with E-state index < -0.39 is 0 Å². The van der Waals surface area contributed by atoms with Crippen LogP contribution >= 0.6 is 38.9 Å². The molecular formula is C10H5BrClNS. The minimum atomic E-state index is 0.383. The highest BCUT2D eigenvalue weighted by Gasteiger charge is 2.09. The van der Waals surface area contributed by atoms with E-state index in [1.54, 1.807) is 11.3 Å². The first-order valence-electron chi connectivity index (χ1n) is 3.92. The predicted molar refractivity (Wildman–Crippen MR) is 63.8 cm³/mol. The van der Waals surface area contributed by atoms with Crippen molar-refractivity contribution in [3.05, 3.63) is 33.1 Å². The lowest BCUT2D eigenvalue weighted by atomic mass is 10.1. The van der Waals surface area contributed by atoms with E-state index in [1.165, 1.54) is 0 Å². The zero-order valence-electron chi connectivity index (χ0n) is 7.05. The van der Waals surface area contributed by atoms with Crippen LogP contribution in [-0.4, -0.2) is 0 Å². The van der Waals surface area contributed by atoms with Crippen LogP contribution < -0.4 is 0 Å². The van der Waals surface area contributed by atoms with Gasteiger partial charge in [-0.25, -0.2) is 0 Å². The van der Waals surface area contributed by atoms with Gasteiger partial charge in [0.1, 0.15) is 6.07 Å². The molecule has 0 atom stereocenters. The van der Waals surface area contributed by atoms with Crippen LogP contribution in [0.2, 0.25) is 0 Å². The van der Waals surface area contributed by atoms with E-state index in [2.05, 4.69) is 22.0 Å². The molecule has 0 bridgehead atoms. The second-order valence-corrected chi connectivity index (χ2v) is 4.81. The van der Waals surface area contributed by atoms with Gasteiger partial charge >= 0.3 is 0 Å². The van der Waals surface area contributed by atoms with Crippen LogP contribution in [0.25, 0.3) is 10.1 Å². The molecular weight excluding hydrogens is 282 g/mol. The molecule has 1 nitrogen and oxygen atoms in total. The number of halogens is 2. The molecule has 70 valence electrons. The highest BCUT2D eigenvalue weighted by atomic mass is 79.9. The summed E-state index contributed by atoms with van der Waals surface area (Å²) in [6.07, 6.45) is 0. The molecule has 0 spiro atoms. The van der Waals surface area contributed by atoms with E-state index >= 15 is 0 Å². The number of fused-ring (bicyclic) bond motifs is 1. The Bertz CT molecular complexity index is 527. The first-order valence-corrected chi connectivity index (χ1v) is 6.13. The van der Waals surface area contributed by atoms with Crippen molar-refractivity contribution in [2.24, 2.45) is 0 Å². The molecule has 1 heterocycles. The Balaban J connectivity index is 2.86. The van der Waals surface area contributed by atoms with Crippen molar-refractivity contribution in [1.29, 1.82) is 5.26 Å². The average Bonchev–Trinajstić information content (AvgIpc) is 2.59. The molecule has 0 radical (unpaired) electrons. The van der Waals surface area contributed by atoms with Crippen molar-refractivity contribution >= 4 is 49.0 Å². The van der Waals surface area contributed by atoms with Crippen LogP contribution in [0, 0.1) is 11.3 Å². The van der Waals surface area contributed by atoms with Gasteiger partial charge in [-0.1, -0.05) is 12.1 Å². The molecule has 2 aromatic rings. The van der Waals surface area contributed by atoms with E-state index in [0.29, 0.717) is 11.4 Å². The number of nitrogens with zero attached hydrogens (tertiary/aromatic N) is 1. The second kappa shape index (κ2) is 3.90. The fourth-order valence-corrected chi connectivity index (χ4v) is 3.25. The number of benzene rings is 1. The average molecular weight is 287 g/mol. The van der Waals surface area contributed by atoms with Crippen molar-refractivity contribution in [2.75, 3.05) is 0 Å². The van der Waals surface area contributed by atoms with Gasteiger partial charge in [0.2, 0.25) is 0 Å². The predicted octanol–water partition coefficient (Wildman–Crippen LogP) is 4.27. The standard InChI is InChI=1S/C10H5BrClNS/c11-9-5-14-10-7(9)2-1-6(3-12)8(10)4-13/h1-2,5H,3H2. The third-order valence-corrected chi connectivity index (χ3v) is 4.30. The maximum Gasteiger partial charge on any atom is 0.101 e. The maximum absolute atomic E-state index is 9.04.